The Balaban J connectivity index is 0.000000181. The van der Waals surface area contributed by atoms with Crippen LogP contribution >= 0.6 is 0 Å². The summed E-state index contributed by atoms with van der Waals surface area (Å²) in [7, 11) is 3.46. The van der Waals surface area contributed by atoms with Crippen molar-refractivity contribution in [2.24, 2.45) is 0 Å². The van der Waals surface area contributed by atoms with E-state index in [1.165, 1.54) is 36.8 Å². The zero-order chi connectivity index (χ0) is 32.5. The molecule has 2 fully saturated rings. The Morgan fingerprint density at radius 2 is 1.00 bits per heavy atom. The quantitative estimate of drug-likeness (QED) is 0.231. The number of methoxy groups -OCH3 is 2. The first-order valence-electron chi connectivity index (χ1n) is 16.4. The van der Waals surface area contributed by atoms with Gasteiger partial charge < -0.3 is 30.7 Å². The van der Waals surface area contributed by atoms with Gasteiger partial charge in [0.25, 0.3) is 0 Å². The summed E-state index contributed by atoms with van der Waals surface area (Å²) in [6.45, 7) is 5.85. The first kappa shape index (κ1) is 32.8. The molecule has 2 aliphatic rings. The van der Waals surface area contributed by atoms with Gasteiger partial charge in [-0.1, -0.05) is 62.1 Å². The predicted molar refractivity (Wildman–Crippen MR) is 185 cm³/mol. The van der Waals surface area contributed by atoms with Crippen LogP contribution in [0.4, 0.5) is 23.5 Å². The molecule has 0 saturated carbocycles. The molecular formula is C36H48N8O2. The molecule has 46 heavy (non-hydrogen) atoms. The number of para-hydroxylation sites is 2. The van der Waals surface area contributed by atoms with Crippen molar-refractivity contribution in [3.05, 3.63) is 83.2 Å². The molecule has 4 aromatic rings. The Hall–Kier alpha value is -4.60. The number of hydrogen-bond acceptors (Lipinski definition) is 10. The highest BCUT2D eigenvalue weighted by Crippen LogP contribution is 2.39. The summed E-state index contributed by atoms with van der Waals surface area (Å²) in [5.41, 5.74) is 16.0. The molecule has 0 bridgehead atoms. The van der Waals surface area contributed by atoms with Crippen molar-refractivity contribution in [1.29, 1.82) is 0 Å². The van der Waals surface area contributed by atoms with E-state index >= 15 is 0 Å². The van der Waals surface area contributed by atoms with Gasteiger partial charge in [-0.25, -0.2) is 9.97 Å². The molecule has 10 heteroatoms. The van der Waals surface area contributed by atoms with Crippen LogP contribution in [0.1, 0.15) is 86.0 Å². The molecule has 2 aromatic carbocycles. The lowest BCUT2D eigenvalue weighted by molar-refractivity contribution is 0.402. The molecule has 0 amide bonds. The molecule has 2 atom stereocenters. The van der Waals surface area contributed by atoms with Crippen LogP contribution in [0.15, 0.2) is 60.7 Å². The Kier molecular flexibility index (Phi) is 11.1. The Labute approximate surface area is 273 Å². The lowest BCUT2D eigenvalue weighted by atomic mass is 9.99. The van der Waals surface area contributed by atoms with Gasteiger partial charge in [0.05, 0.1) is 26.3 Å². The lowest BCUT2D eigenvalue weighted by Gasteiger charge is -2.32. The molecule has 0 spiro atoms. The second-order valence-electron chi connectivity index (χ2n) is 12.1. The van der Waals surface area contributed by atoms with Gasteiger partial charge >= 0.3 is 0 Å². The summed E-state index contributed by atoms with van der Waals surface area (Å²) < 4.78 is 11.2. The molecule has 2 aliphatic heterocycles. The maximum atomic E-state index is 5.87. The van der Waals surface area contributed by atoms with Crippen molar-refractivity contribution in [3.8, 4) is 11.5 Å². The molecule has 4 heterocycles. The Bertz CT molecular complexity index is 1420. The average Bonchev–Trinajstić information content (AvgIpc) is 3.46. The van der Waals surface area contributed by atoms with Crippen LogP contribution < -0.4 is 30.7 Å². The monoisotopic (exact) mass is 624 g/mol. The normalized spacial score (nSPS) is 18.5. The van der Waals surface area contributed by atoms with Crippen molar-refractivity contribution in [1.82, 2.24) is 19.9 Å². The topological polar surface area (TPSA) is 129 Å². The van der Waals surface area contributed by atoms with Crippen molar-refractivity contribution < 1.29 is 9.47 Å². The van der Waals surface area contributed by atoms with Crippen LogP contribution in [-0.4, -0.2) is 47.2 Å². The molecule has 244 valence electrons. The smallest absolute Gasteiger partial charge is 0.222 e. The Morgan fingerprint density at radius 1 is 0.587 bits per heavy atom. The third kappa shape index (κ3) is 7.97. The van der Waals surface area contributed by atoms with Crippen LogP contribution in [0.25, 0.3) is 0 Å². The van der Waals surface area contributed by atoms with Gasteiger partial charge in [-0.3, -0.25) is 0 Å². The molecule has 10 nitrogen and oxygen atoms in total. The number of ether oxygens (including phenoxy) is 2. The summed E-state index contributed by atoms with van der Waals surface area (Å²) in [4.78, 5) is 22.1. The van der Waals surface area contributed by atoms with Gasteiger partial charge in [0.15, 0.2) is 0 Å². The summed E-state index contributed by atoms with van der Waals surface area (Å²) in [5, 5.41) is 0. The molecule has 4 N–H and O–H groups in total. The van der Waals surface area contributed by atoms with Crippen LogP contribution in [0.5, 0.6) is 11.5 Å². The minimum Gasteiger partial charge on any atom is -0.496 e. The van der Waals surface area contributed by atoms with E-state index < -0.39 is 0 Å². The lowest BCUT2D eigenvalue weighted by Crippen LogP contribution is -2.30. The first-order chi connectivity index (χ1) is 22.4. The summed E-state index contributed by atoms with van der Waals surface area (Å²) in [6, 6.07) is 21.1. The van der Waals surface area contributed by atoms with Crippen LogP contribution in [0, 0.1) is 13.8 Å². The molecule has 2 aromatic heterocycles. The molecule has 0 aliphatic carbocycles. The van der Waals surface area contributed by atoms with Crippen LogP contribution in [0.2, 0.25) is 0 Å². The number of rotatable bonds is 6. The number of aryl methyl sites for hydroxylation is 2. The third-order valence-corrected chi connectivity index (χ3v) is 8.81. The maximum Gasteiger partial charge on any atom is 0.222 e. The predicted octanol–water partition coefficient (Wildman–Crippen LogP) is 7.00. The second kappa shape index (κ2) is 15.6. The van der Waals surface area contributed by atoms with E-state index in [1.54, 1.807) is 14.2 Å². The average molecular weight is 625 g/mol. The highest BCUT2D eigenvalue weighted by molar-refractivity contribution is 5.50. The van der Waals surface area contributed by atoms with E-state index in [-0.39, 0.29) is 12.1 Å². The summed E-state index contributed by atoms with van der Waals surface area (Å²) >= 11 is 0. The molecular weight excluding hydrogens is 576 g/mol. The number of nitrogens with zero attached hydrogens (tertiary/aromatic N) is 6. The van der Waals surface area contributed by atoms with Gasteiger partial charge in [0.2, 0.25) is 11.9 Å². The molecule has 6 rings (SSSR count). The third-order valence-electron chi connectivity index (χ3n) is 8.81. The Morgan fingerprint density at radius 3 is 1.39 bits per heavy atom. The highest BCUT2D eigenvalue weighted by atomic mass is 16.5. The zero-order valence-corrected chi connectivity index (χ0v) is 27.7. The number of nitrogen functional groups attached to an aromatic ring is 2. The zero-order valence-electron chi connectivity index (χ0n) is 27.7. The fraction of sp³-hybridized carbons (Fsp3) is 0.444. The molecule has 2 saturated heterocycles. The van der Waals surface area contributed by atoms with E-state index in [0.29, 0.717) is 11.9 Å². The SMILES string of the molecule is COc1ccccc1[C@@H]1CCCCCN1c1cc(C)nc(N)n1.COc1ccccc1[C@H]1CCCCCN1c1cc(C)nc(N)n1. The van der Waals surface area contributed by atoms with E-state index in [4.69, 9.17) is 20.9 Å². The van der Waals surface area contributed by atoms with Crippen LogP contribution in [-0.2, 0) is 0 Å². The summed E-state index contributed by atoms with van der Waals surface area (Å²) in [5.74, 6) is 4.36. The number of nitrogens with two attached hydrogens (primary N) is 2. The molecule has 0 radical (unpaired) electrons. The van der Waals surface area contributed by atoms with Crippen molar-refractivity contribution in [3.63, 3.8) is 0 Å². The van der Waals surface area contributed by atoms with Gasteiger partial charge in [-0.15, -0.1) is 0 Å². The van der Waals surface area contributed by atoms with E-state index in [1.807, 2.05) is 50.2 Å². The van der Waals surface area contributed by atoms with Gasteiger partial charge in [-0.2, -0.15) is 9.97 Å². The fourth-order valence-corrected chi connectivity index (χ4v) is 6.74. The van der Waals surface area contributed by atoms with Gasteiger partial charge in [-0.05, 0) is 51.7 Å². The highest BCUT2D eigenvalue weighted by Gasteiger charge is 2.28. The maximum absolute atomic E-state index is 5.87. The fourth-order valence-electron chi connectivity index (χ4n) is 6.74. The minimum absolute atomic E-state index is 0.252. The van der Waals surface area contributed by atoms with Crippen LogP contribution in [0.3, 0.4) is 0 Å². The van der Waals surface area contributed by atoms with Crippen molar-refractivity contribution in [2.45, 2.75) is 77.3 Å². The van der Waals surface area contributed by atoms with Crippen molar-refractivity contribution in [2.75, 3.05) is 48.6 Å². The first-order valence-corrected chi connectivity index (χ1v) is 16.4. The van der Waals surface area contributed by atoms with Gasteiger partial charge in [0, 0.05) is 47.7 Å². The van der Waals surface area contributed by atoms with Gasteiger partial charge in [0.1, 0.15) is 23.1 Å². The van der Waals surface area contributed by atoms with Crippen molar-refractivity contribution >= 4 is 23.5 Å². The number of anilines is 4. The van der Waals surface area contributed by atoms with E-state index in [2.05, 4.69) is 54.0 Å². The minimum atomic E-state index is 0.252. The number of benzene rings is 2. The van der Waals surface area contributed by atoms with E-state index in [0.717, 1.165) is 73.3 Å². The summed E-state index contributed by atoms with van der Waals surface area (Å²) in [6.07, 6.45) is 9.39. The number of hydrogen-bond donors (Lipinski definition) is 2. The molecule has 0 unspecified atom stereocenters. The second-order valence-corrected chi connectivity index (χ2v) is 12.1. The number of aromatic nitrogens is 4. The van der Waals surface area contributed by atoms with E-state index in [9.17, 15) is 0 Å². The standard InChI is InChI=1S/2C18H24N4O/c2*1-13-12-17(21-18(19)20-13)22-11-7-3-4-9-15(22)14-8-5-6-10-16(14)23-2/h2*5-6,8,10,12,15H,3-4,7,9,11H2,1-2H3,(H2,19,20,21)/t2*15-/m10/s1. The largest absolute Gasteiger partial charge is 0.496 e.